The SMILES string of the molecule is CN=C(NCc1cc2c(cc1OC)CC(C)O2)N1CCC(N2CCCC2)C1. The van der Waals surface area contributed by atoms with Crippen molar-refractivity contribution in [2.75, 3.05) is 40.3 Å². The topological polar surface area (TPSA) is 49.3 Å². The second-order valence-corrected chi connectivity index (χ2v) is 7.94. The molecule has 2 atom stereocenters. The fourth-order valence-corrected chi connectivity index (χ4v) is 4.66. The summed E-state index contributed by atoms with van der Waals surface area (Å²) in [5.74, 6) is 2.89. The molecule has 0 aliphatic carbocycles. The first kappa shape index (κ1) is 18.4. The van der Waals surface area contributed by atoms with Crippen molar-refractivity contribution in [2.24, 2.45) is 4.99 Å². The number of guanidine groups is 1. The Balaban J connectivity index is 1.39. The van der Waals surface area contributed by atoms with Crippen molar-refractivity contribution in [1.82, 2.24) is 15.1 Å². The summed E-state index contributed by atoms with van der Waals surface area (Å²) in [6.45, 7) is 7.46. The highest BCUT2D eigenvalue weighted by Crippen LogP contribution is 2.35. The summed E-state index contributed by atoms with van der Waals surface area (Å²) in [4.78, 5) is 9.57. The van der Waals surface area contributed by atoms with E-state index in [1.54, 1.807) is 7.11 Å². The van der Waals surface area contributed by atoms with Crippen LogP contribution < -0.4 is 14.8 Å². The van der Waals surface area contributed by atoms with Crippen molar-refractivity contribution in [1.29, 1.82) is 0 Å². The molecule has 1 aromatic rings. The molecule has 2 saturated heterocycles. The summed E-state index contributed by atoms with van der Waals surface area (Å²) >= 11 is 0. The number of hydrogen-bond donors (Lipinski definition) is 1. The van der Waals surface area contributed by atoms with E-state index in [4.69, 9.17) is 9.47 Å². The number of rotatable bonds is 4. The maximum atomic E-state index is 5.92. The number of methoxy groups -OCH3 is 1. The first-order valence-corrected chi connectivity index (χ1v) is 10.2. The van der Waals surface area contributed by atoms with E-state index in [-0.39, 0.29) is 6.10 Å². The largest absolute Gasteiger partial charge is 0.496 e. The first-order valence-electron chi connectivity index (χ1n) is 10.2. The van der Waals surface area contributed by atoms with E-state index in [2.05, 4.69) is 39.2 Å². The highest BCUT2D eigenvalue weighted by atomic mass is 16.5. The van der Waals surface area contributed by atoms with E-state index in [9.17, 15) is 0 Å². The van der Waals surface area contributed by atoms with Gasteiger partial charge in [0.15, 0.2) is 5.96 Å². The fourth-order valence-electron chi connectivity index (χ4n) is 4.66. The molecule has 3 heterocycles. The van der Waals surface area contributed by atoms with Gasteiger partial charge in [-0.25, -0.2) is 0 Å². The van der Waals surface area contributed by atoms with Crippen LogP contribution in [-0.4, -0.2) is 68.2 Å². The zero-order chi connectivity index (χ0) is 18.8. The van der Waals surface area contributed by atoms with Gasteiger partial charge in [-0.05, 0) is 51.4 Å². The average molecular weight is 373 g/mol. The monoisotopic (exact) mass is 372 g/mol. The lowest BCUT2D eigenvalue weighted by Gasteiger charge is -2.25. The highest BCUT2D eigenvalue weighted by molar-refractivity contribution is 5.80. The predicted octanol–water partition coefficient (Wildman–Crippen LogP) is 2.26. The van der Waals surface area contributed by atoms with Gasteiger partial charge in [-0.3, -0.25) is 9.89 Å². The molecule has 27 heavy (non-hydrogen) atoms. The Morgan fingerprint density at radius 1 is 1.30 bits per heavy atom. The van der Waals surface area contributed by atoms with Crippen LogP contribution in [0.1, 0.15) is 37.3 Å². The Morgan fingerprint density at radius 3 is 2.85 bits per heavy atom. The van der Waals surface area contributed by atoms with Gasteiger partial charge in [0, 0.05) is 50.3 Å². The Labute approximate surface area is 162 Å². The maximum Gasteiger partial charge on any atom is 0.193 e. The minimum Gasteiger partial charge on any atom is -0.496 e. The molecule has 2 unspecified atom stereocenters. The number of aliphatic imine (C=N–C) groups is 1. The van der Waals surface area contributed by atoms with Gasteiger partial charge in [0.1, 0.15) is 17.6 Å². The zero-order valence-electron chi connectivity index (χ0n) is 16.8. The van der Waals surface area contributed by atoms with Crippen LogP contribution in [0.2, 0.25) is 0 Å². The molecule has 6 nitrogen and oxygen atoms in total. The summed E-state index contributed by atoms with van der Waals surface area (Å²) < 4.78 is 11.5. The van der Waals surface area contributed by atoms with Crippen LogP contribution in [0.5, 0.6) is 11.5 Å². The van der Waals surface area contributed by atoms with Gasteiger partial charge in [-0.2, -0.15) is 0 Å². The molecular formula is C21H32N4O2. The van der Waals surface area contributed by atoms with Crippen molar-refractivity contribution < 1.29 is 9.47 Å². The molecule has 0 bridgehead atoms. The molecule has 2 fully saturated rings. The molecule has 1 N–H and O–H groups in total. The molecule has 0 amide bonds. The van der Waals surface area contributed by atoms with Gasteiger partial charge in [-0.1, -0.05) is 0 Å². The number of ether oxygens (including phenoxy) is 2. The van der Waals surface area contributed by atoms with E-state index in [1.807, 2.05) is 7.05 Å². The quantitative estimate of drug-likeness (QED) is 0.649. The van der Waals surface area contributed by atoms with Gasteiger partial charge in [-0.15, -0.1) is 0 Å². The standard InChI is InChI=1S/C21H32N4O2/c1-15-10-16-11-19(26-3)17(12-20(16)27-15)13-23-21(22-2)25-9-6-18(14-25)24-7-4-5-8-24/h11-12,15,18H,4-10,13-14H2,1-3H3,(H,22,23). The van der Waals surface area contributed by atoms with Crippen molar-refractivity contribution >= 4 is 5.96 Å². The third kappa shape index (κ3) is 3.86. The van der Waals surface area contributed by atoms with E-state index in [1.165, 1.54) is 37.9 Å². The van der Waals surface area contributed by atoms with Crippen LogP contribution in [0, 0.1) is 0 Å². The summed E-state index contributed by atoms with van der Waals surface area (Å²) in [6.07, 6.45) is 5.12. The van der Waals surface area contributed by atoms with Gasteiger partial charge in [0.2, 0.25) is 0 Å². The minimum absolute atomic E-state index is 0.243. The van der Waals surface area contributed by atoms with Crippen LogP contribution in [-0.2, 0) is 13.0 Å². The average Bonchev–Trinajstić information content (AvgIpc) is 3.41. The van der Waals surface area contributed by atoms with Crippen LogP contribution in [0.15, 0.2) is 17.1 Å². The predicted molar refractivity (Wildman–Crippen MR) is 108 cm³/mol. The molecule has 148 valence electrons. The van der Waals surface area contributed by atoms with Crippen LogP contribution in [0.25, 0.3) is 0 Å². The van der Waals surface area contributed by atoms with Crippen LogP contribution in [0.4, 0.5) is 0 Å². The number of likely N-dealkylation sites (tertiary alicyclic amines) is 2. The number of nitrogens with zero attached hydrogens (tertiary/aromatic N) is 3. The molecule has 0 saturated carbocycles. The number of fused-ring (bicyclic) bond motifs is 1. The van der Waals surface area contributed by atoms with Crippen LogP contribution in [0.3, 0.4) is 0 Å². The summed E-state index contributed by atoms with van der Waals surface area (Å²) in [7, 11) is 3.61. The van der Waals surface area contributed by atoms with Crippen molar-refractivity contribution in [2.45, 2.75) is 51.3 Å². The van der Waals surface area contributed by atoms with Crippen molar-refractivity contribution in [3.63, 3.8) is 0 Å². The molecule has 4 rings (SSSR count). The molecule has 0 radical (unpaired) electrons. The van der Waals surface area contributed by atoms with E-state index in [0.717, 1.165) is 42.5 Å². The third-order valence-electron chi connectivity index (χ3n) is 6.07. The third-order valence-corrected chi connectivity index (χ3v) is 6.07. The second-order valence-electron chi connectivity index (χ2n) is 7.94. The maximum absolute atomic E-state index is 5.92. The second kappa shape index (κ2) is 7.97. The zero-order valence-corrected chi connectivity index (χ0v) is 16.8. The number of nitrogens with one attached hydrogen (secondary N) is 1. The Kier molecular flexibility index (Phi) is 5.43. The van der Waals surface area contributed by atoms with Crippen molar-refractivity contribution in [3.8, 4) is 11.5 Å². The van der Waals surface area contributed by atoms with E-state index in [0.29, 0.717) is 12.6 Å². The summed E-state index contributed by atoms with van der Waals surface area (Å²) in [5, 5.41) is 3.54. The fraction of sp³-hybridized carbons (Fsp3) is 0.667. The normalized spacial score (nSPS) is 25.6. The van der Waals surface area contributed by atoms with Gasteiger partial charge in [0.25, 0.3) is 0 Å². The van der Waals surface area contributed by atoms with Crippen LogP contribution >= 0.6 is 0 Å². The Bertz CT molecular complexity index is 700. The Morgan fingerprint density at radius 2 is 2.11 bits per heavy atom. The number of hydrogen-bond acceptors (Lipinski definition) is 4. The summed E-state index contributed by atoms with van der Waals surface area (Å²) in [6, 6.07) is 4.92. The lowest BCUT2D eigenvalue weighted by Crippen LogP contribution is -2.42. The van der Waals surface area contributed by atoms with Gasteiger partial charge in [0.05, 0.1) is 7.11 Å². The Hall–Kier alpha value is -1.95. The van der Waals surface area contributed by atoms with Gasteiger partial charge < -0.3 is 19.7 Å². The lowest BCUT2D eigenvalue weighted by atomic mass is 10.1. The van der Waals surface area contributed by atoms with Crippen molar-refractivity contribution in [3.05, 3.63) is 23.3 Å². The summed E-state index contributed by atoms with van der Waals surface area (Å²) in [5.41, 5.74) is 2.35. The smallest absolute Gasteiger partial charge is 0.193 e. The first-order chi connectivity index (χ1) is 13.2. The molecule has 1 aromatic carbocycles. The molecule has 3 aliphatic heterocycles. The van der Waals surface area contributed by atoms with Gasteiger partial charge >= 0.3 is 0 Å². The minimum atomic E-state index is 0.243. The molecule has 6 heteroatoms. The molecule has 0 spiro atoms. The van der Waals surface area contributed by atoms with E-state index >= 15 is 0 Å². The molecular weight excluding hydrogens is 340 g/mol. The van der Waals surface area contributed by atoms with E-state index < -0.39 is 0 Å². The molecule has 0 aromatic heterocycles. The highest BCUT2D eigenvalue weighted by Gasteiger charge is 2.30. The lowest BCUT2D eigenvalue weighted by molar-refractivity contribution is 0.249. The number of benzene rings is 1. The molecule has 3 aliphatic rings.